The molecule has 3 aliphatic heterocycles. The van der Waals surface area contributed by atoms with Crippen LogP contribution in [-0.4, -0.2) is 65.7 Å². The van der Waals surface area contributed by atoms with E-state index in [1.165, 1.54) is 0 Å². The lowest BCUT2D eigenvalue weighted by Crippen LogP contribution is -2.53. The number of ketones is 1. The Kier molecular flexibility index (Phi) is 9.34. The molecule has 1 saturated heterocycles. The first-order valence-electron chi connectivity index (χ1n) is 16.7. The molecule has 1 spiro atoms. The number of methoxy groups -OCH3 is 1. The van der Waals surface area contributed by atoms with Crippen molar-refractivity contribution in [1.29, 1.82) is 0 Å². The number of anilines is 1. The van der Waals surface area contributed by atoms with Crippen molar-refractivity contribution in [3.05, 3.63) is 93.0 Å². The molecular formula is C38H41Cl2FN4O4. The number of hydrogen-bond donors (Lipinski definition) is 1. The molecule has 1 amide bonds. The van der Waals surface area contributed by atoms with Crippen LogP contribution in [0.4, 0.5) is 10.1 Å². The van der Waals surface area contributed by atoms with Crippen LogP contribution in [0.5, 0.6) is 0 Å². The molecule has 1 N–H and O–H groups in total. The van der Waals surface area contributed by atoms with Gasteiger partial charge in [-0.15, -0.1) is 0 Å². The summed E-state index contributed by atoms with van der Waals surface area (Å²) in [6, 6.07) is 16.2. The second-order valence-corrected chi connectivity index (χ2v) is 14.3. The summed E-state index contributed by atoms with van der Waals surface area (Å²) in [5.41, 5.74) is 2.91. The molecule has 3 aromatic carbocycles. The van der Waals surface area contributed by atoms with E-state index in [0.29, 0.717) is 67.0 Å². The fraction of sp³-hybridized carbons (Fsp3) is 0.447. The van der Waals surface area contributed by atoms with Crippen LogP contribution in [-0.2, 0) is 26.4 Å². The van der Waals surface area contributed by atoms with Gasteiger partial charge in [0, 0.05) is 72.9 Å². The first kappa shape index (κ1) is 34.1. The van der Waals surface area contributed by atoms with Gasteiger partial charge in [-0.2, -0.15) is 0 Å². The Balaban J connectivity index is 0.00000378. The monoisotopic (exact) mass is 706 g/mol. The van der Waals surface area contributed by atoms with Crippen molar-refractivity contribution >= 4 is 51.6 Å². The summed E-state index contributed by atoms with van der Waals surface area (Å²) < 4.78 is 29.1. The average Bonchev–Trinajstić information content (AvgIpc) is 3.67. The normalized spacial score (nSPS) is 24.1. The van der Waals surface area contributed by atoms with E-state index >= 15 is 4.39 Å². The highest BCUT2D eigenvalue weighted by atomic mass is 35.5. The Hall–Kier alpha value is -3.34. The van der Waals surface area contributed by atoms with Gasteiger partial charge in [0.25, 0.3) is 0 Å². The number of imidazole rings is 1. The van der Waals surface area contributed by atoms with Gasteiger partial charge in [-0.1, -0.05) is 48.8 Å². The smallest absolute Gasteiger partial charge is 0.250 e. The SMILES string of the molecule is C.COCCOCCCC(=O)c1ccc2c(c1)nc1n2CC[C@H]2[C@@H]1[C@H](c1cccc(Cl)c1F)[C@]1(C(=O)Nc3cc(Cl)ccc31)N2CC1CC1. The van der Waals surface area contributed by atoms with E-state index in [-0.39, 0.29) is 36.1 Å². The van der Waals surface area contributed by atoms with Gasteiger partial charge in [0.1, 0.15) is 17.2 Å². The molecule has 258 valence electrons. The van der Waals surface area contributed by atoms with Crippen LogP contribution in [0, 0.1) is 11.7 Å². The quantitative estimate of drug-likeness (QED) is 0.126. The fourth-order valence-corrected chi connectivity index (χ4v) is 8.85. The number of rotatable bonds is 11. The number of aryl methyl sites for hydroxylation is 1. The van der Waals surface area contributed by atoms with E-state index in [2.05, 4.69) is 14.8 Å². The van der Waals surface area contributed by atoms with Crippen LogP contribution in [0.25, 0.3) is 11.0 Å². The van der Waals surface area contributed by atoms with Gasteiger partial charge in [-0.3, -0.25) is 14.5 Å². The van der Waals surface area contributed by atoms with E-state index in [9.17, 15) is 9.59 Å². The summed E-state index contributed by atoms with van der Waals surface area (Å²) in [6.07, 6.45) is 3.94. The Labute approximate surface area is 295 Å². The van der Waals surface area contributed by atoms with Crippen molar-refractivity contribution in [2.24, 2.45) is 5.92 Å². The lowest BCUT2D eigenvalue weighted by atomic mass is 9.70. The number of halogens is 3. The number of carbonyl (C=O) groups is 2. The van der Waals surface area contributed by atoms with Crippen molar-refractivity contribution in [3.8, 4) is 0 Å². The number of nitrogens with one attached hydrogen (secondary N) is 1. The third kappa shape index (κ3) is 5.58. The van der Waals surface area contributed by atoms with Crippen molar-refractivity contribution < 1.29 is 23.5 Å². The number of nitrogens with zero attached hydrogens (tertiary/aromatic N) is 3. The molecule has 8 nitrogen and oxygen atoms in total. The zero-order valence-corrected chi connectivity index (χ0v) is 28.2. The molecule has 2 fully saturated rings. The Morgan fingerprint density at radius 1 is 1.08 bits per heavy atom. The molecule has 4 heterocycles. The van der Waals surface area contributed by atoms with Crippen molar-refractivity contribution in [3.63, 3.8) is 0 Å². The second-order valence-electron chi connectivity index (χ2n) is 13.5. The molecule has 8 rings (SSSR count). The average molecular weight is 708 g/mol. The standard InChI is InChI=1S/C37H37Cl2FN4O4.CH4/c1-47-16-17-48-15-3-6-31(45)22-9-12-29-28(18-22)41-35-32-30(13-14-43(29)35)44(20-21-7-8-21)37(33(32)24-4-2-5-26(39)34(24)40)25-11-10-23(38)19-27(25)42-36(37)46;/h2,4-5,9-12,18-19,21,30,32-33H,3,6-8,13-17,20H2,1H3,(H,42,46);1H4/t30-,32+,33-,37+;/m0./s1. The minimum atomic E-state index is -1.19. The highest BCUT2D eigenvalue weighted by Gasteiger charge is 2.69. The van der Waals surface area contributed by atoms with Crippen LogP contribution in [0.3, 0.4) is 0 Å². The third-order valence-electron chi connectivity index (χ3n) is 10.7. The van der Waals surface area contributed by atoms with Crippen LogP contribution >= 0.6 is 23.2 Å². The fourth-order valence-electron chi connectivity index (χ4n) is 8.49. The Morgan fingerprint density at radius 3 is 2.71 bits per heavy atom. The van der Waals surface area contributed by atoms with Gasteiger partial charge in [0.15, 0.2) is 5.78 Å². The molecule has 0 unspecified atom stereocenters. The van der Waals surface area contributed by atoms with E-state index in [4.69, 9.17) is 37.7 Å². The topological polar surface area (TPSA) is 85.7 Å². The molecule has 1 saturated carbocycles. The zero-order chi connectivity index (χ0) is 33.2. The first-order valence-corrected chi connectivity index (χ1v) is 17.5. The van der Waals surface area contributed by atoms with Crippen LogP contribution < -0.4 is 5.32 Å². The summed E-state index contributed by atoms with van der Waals surface area (Å²) in [6.45, 7) is 2.93. The van der Waals surface area contributed by atoms with Gasteiger partial charge in [0.05, 0.1) is 29.3 Å². The molecule has 0 bridgehead atoms. The number of benzene rings is 3. The van der Waals surface area contributed by atoms with E-state index in [1.807, 2.05) is 30.3 Å². The van der Waals surface area contributed by atoms with Gasteiger partial charge in [-0.25, -0.2) is 9.37 Å². The number of carbonyl (C=O) groups excluding carboxylic acids is 2. The minimum Gasteiger partial charge on any atom is -0.382 e. The summed E-state index contributed by atoms with van der Waals surface area (Å²) in [4.78, 5) is 35.4. The predicted molar refractivity (Wildman–Crippen MR) is 189 cm³/mol. The lowest BCUT2D eigenvalue weighted by Gasteiger charge is -2.40. The number of hydrogen-bond acceptors (Lipinski definition) is 6. The van der Waals surface area contributed by atoms with Gasteiger partial charge in [-0.05, 0) is 73.6 Å². The van der Waals surface area contributed by atoms with Crippen molar-refractivity contribution in [2.45, 2.75) is 69.5 Å². The maximum atomic E-state index is 16.3. The van der Waals surface area contributed by atoms with E-state index < -0.39 is 17.3 Å². The molecule has 4 atom stereocenters. The van der Waals surface area contributed by atoms with Crippen molar-refractivity contribution in [2.75, 3.05) is 38.8 Å². The second kappa shape index (κ2) is 13.4. The molecule has 0 radical (unpaired) electrons. The summed E-state index contributed by atoms with van der Waals surface area (Å²) in [5, 5.41) is 3.68. The molecular weight excluding hydrogens is 666 g/mol. The summed E-state index contributed by atoms with van der Waals surface area (Å²) in [5.74, 6) is -0.350. The maximum Gasteiger partial charge on any atom is 0.250 e. The zero-order valence-electron chi connectivity index (χ0n) is 26.7. The lowest BCUT2D eigenvalue weighted by molar-refractivity contribution is -0.128. The molecule has 49 heavy (non-hydrogen) atoms. The van der Waals surface area contributed by atoms with E-state index in [1.54, 1.807) is 31.4 Å². The van der Waals surface area contributed by atoms with Crippen LogP contribution in [0.1, 0.15) is 78.7 Å². The van der Waals surface area contributed by atoms with Gasteiger partial charge in [0.2, 0.25) is 5.91 Å². The molecule has 4 aromatic rings. The molecule has 4 aliphatic rings. The largest absolute Gasteiger partial charge is 0.382 e. The maximum absolute atomic E-state index is 16.3. The van der Waals surface area contributed by atoms with Crippen molar-refractivity contribution in [1.82, 2.24) is 14.5 Å². The number of ether oxygens (including phenoxy) is 2. The highest BCUT2D eigenvalue weighted by molar-refractivity contribution is 6.31. The third-order valence-corrected chi connectivity index (χ3v) is 11.2. The van der Waals surface area contributed by atoms with Gasteiger partial charge < -0.3 is 19.4 Å². The minimum absolute atomic E-state index is 0. The Bertz CT molecular complexity index is 1930. The first-order chi connectivity index (χ1) is 23.3. The number of likely N-dealkylation sites (tertiary alicyclic amines) is 1. The number of amides is 1. The molecule has 1 aromatic heterocycles. The summed E-state index contributed by atoms with van der Waals surface area (Å²) in [7, 11) is 1.63. The number of fused-ring (bicyclic) bond motifs is 7. The van der Waals surface area contributed by atoms with Gasteiger partial charge >= 0.3 is 0 Å². The number of Topliss-reactive ketones (excluding diaryl/α,β-unsaturated/α-hetero) is 1. The van der Waals surface area contributed by atoms with Crippen LogP contribution in [0.15, 0.2) is 54.6 Å². The molecule has 11 heteroatoms. The predicted octanol–water partition coefficient (Wildman–Crippen LogP) is 7.96. The Morgan fingerprint density at radius 2 is 1.92 bits per heavy atom. The van der Waals surface area contributed by atoms with E-state index in [0.717, 1.165) is 48.2 Å². The highest BCUT2D eigenvalue weighted by Crippen LogP contribution is 2.64. The summed E-state index contributed by atoms with van der Waals surface area (Å²) >= 11 is 12.9. The van der Waals surface area contributed by atoms with Crippen LogP contribution in [0.2, 0.25) is 10.0 Å². The number of aromatic nitrogens is 2. The molecule has 1 aliphatic carbocycles.